The van der Waals surface area contributed by atoms with Gasteiger partial charge in [0.1, 0.15) is 0 Å². The molecule has 2 saturated heterocycles. The van der Waals surface area contributed by atoms with E-state index >= 15 is 0 Å². The number of amides is 4. The fourth-order valence-corrected chi connectivity index (χ4v) is 2.27. The zero-order valence-corrected chi connectivity index (χ0v) is 11.7. The number of hydrogen-bond donors (Lipinski definition) is 3. The molecule has 0 aliphatic carbocycles. The van der Waals surface area contributed by atoms with Gasteiger partial charge >= 0.3 is 18.0 Å². The number of piperazine rings is 1. The van der Waals surface area contributed by atoms with Crippen molar-refractivity contribution in [2.24, 2.45) is 5.41 Å². The Hall–Kier alpha value is -1.99. The number of carboxylic acid groups (broad SMARTS) is 1. The lowest BCUT2D eigenvalue weighted by molar-refractivity contribution is -0.146. The summed E-state index contributed by atoms with van der Waals surface area (Å²) < 4.78 is 0. The van der Waals surface area contributed by atoms with E-state index < -0.39 is 11.4 Å². The first-order valence-corrected chi connectivity index (χ1v) is 6.62. The van der Waals surface area contributed by atoms with Crippen LogP contribution in [0.3, 0.4) is 0 Å². The highest BCUT2D eigenvalue weighted by molar-refractivity contribution is 5.79. The normalized spacial score (nSPS) is 22.3. The summed E-state index contributed by atoms with van der Waals surface area (Å²) in [7, 11) is 0. The number of nitrogens with one attached hydrogen (secondary N) is 2. The quantitative estimate of drug-likeness (QED) is 0.651. The minimum Gasteiger partial charge on any atom is -0.481 e. The highest BCUT2D eigenvalue weighted by Gasteiger charge is 2.37. The minimum absolute atomic E-state index is 0.00878. The van der Waals surface area contributed by atoms with Crippen molar-refractivity contribution in [1.29, 1.82) is 0 Å². The number of carboxylic acids is 1. The molecule has 0 aromatic carbocycles. The first kappa shape index (κ1) is 14.4. The molecule has 3 N–H and O–H groups in total. The second-order valence-corrected chi connectivity index (χ2v) is 5.83. The van der Waals surface area contributed by atoms with Gasteiger partial charge in [-0.2, -0.15) is 0 Å². The number of carbonyl (C=O) groups excluding carboxylic acids is 2. The van der Waals surface area contributed by atoms with E-state index in [0.29, 0.717) is 26.2 Å². The molecule has 112 valence electrons. The van der Waals surface area contributed by atoms with E-state index in [1.165, 1.54) is 0 Å². The summed E-state index contributed by atoms with van der Waals surface area (Å²) in [6.45, 7) is 5.18. The summed E-state index contributed by atoms with van der Waals surface area (Å²) >= 11 is 0. The van der Waals surface area contributed by atoms with Crippen molar-refractivity contribution < 1.29 is 19.5 Å². The lowest BCUT2D eigenvalue weighted by atomic mass is 9.94. The molecule has 0 saturated carbocycles. The summed E-state index contributed by atoms with van der Waals surface area (Å²) in [6, 6.07) is -0.352. The van der Waals surface area contributed by atoms with E-state index in [2.05, 4.69) is 10.6 Å². The lowest BCUT2D eigenvalue weighted by Crippen LogP contribution is -2.56. The van der Waals surface area contributed by atoms with Gasteiger partial charge < -0.3 is 25.5 Å². The van der Waals surface area contributed by atoms with Crippen LogP contribution >= 0.6 is 0 Å². The highest BCUT2D eigenvalue weighted by Crippen LogP contribution is 2.16. The molecule has 8 nitrogen and oxygen atoms in total. The van der Waals surface area contributed by atoms with Crippen LogP contribution in [0, 0.1) is 5.41 Å². The molecule has 0 aromatic rings. The Morgan fingerprint density at radius 3 is 2.80 bits per heavy atom. The molecular weight excluding hydrogens is 264 g/mol. The summed E-state index contributed by atoms with van der Waals surface area (Å²) in [5.41, 5.74) is -0.998. The van der Waals surface area contributed by atoms with Crippen molar-refractivity contribution in [3.8, 4) is 0 Å². The lowest BCUT2D eigenvalue weighted by Gasteiger charge is -2.36. The van der Waals surface area contributed by atoms with Crippen LogP contribution in [-0.4, -0.2) is 71.7 Å². The van der Waals surface area contributed by atoms with Crippen molar-refractivity contribution in [2.45, 2.75) is 19.9 Å². The van der Waals surface area contributed by atoms with Crippen molar-refractivity contribution >= 4 is 18.0 Å². The van der Waals surface area contributed by atoms with E-state index in [-0.39, 0.29) is 24.6 Å². The van der Waals surface area contributed by atoms with Crippen LogP contribution in [0.4, 0.5) is 9.59 Å². The van der Waals surface area contributed by atoms with Crippen LogP contribution in [0.25, 0.3) is 0 Å². The highest BCUT2D eigenvalue weighted by atomic mass is 16.4. The second-order valence-electron chi connectivity index (χ2n) is 5.83. The number of nitrogens with zero attached hydrogens (tertiary/aromatic N) is 2. The van der Waals surface area contributed by atoms with Crippen LogP contribution in [0.15, 0.2) is 0 Å². The Morgan fingerprint density at radius 1 is 1.45 bits per heavy atom. The van der Waals surface area contributed by atoms with Gasteiger partial charge in [0.15, 0.2) is 0 Å². The monoisotopic (exact) mass is 284 g/mol. The standard InChI is InChI=1S/C12H20N4O4/c1-12(2,9(17)18)7-14-10(19)15-3-4-16-8(6-15)5-13-11(16)20/h8H,3-7H2,1-2H3,(H,13,20)(H,14,19)(H,17,18). The number of aliphatic carboxylic acids is 1. The van der Waals surface area contributed by atoms with E-state index in [1.54, 1.807) is 23.6 Å². The molecule has 2 aliphatic heterocycles. The molecule has 20 heavy (non-hydrogen) atoms. The maximum Gasteiger partial charge on any atom is 0.317 e. The Balaban J connectivity index is 1.85. The third-order valence-electron chi connectivity index (χ3n) is 3.78. The molecule has 8 heteroatoms. The van der Waals surface area contributed by atoms with Gasteiger partial charge in [-0.05, 0) is 13.8 Å². The molecule has 0 spiro atoms. The largest absolute Gasteiger partial charge is 0.481 e. The number of fused-ring (bicyclic) bond motifs is 1. The smallest absolute Gasteiger partial charge is 0.317 e. The molecule has 0 bridgehead atoms. The van der Waals surface area contributed by atoms with Crippen LogP contribution < -0.4 is 10.6 Å². The fraction of sp³-hybridized carbons (Fsp3) is 0.750. The van der Waals surface area contributed by atoms with Gasteiger partial charge in [0.2, 0.25) is 0 Å². The Morgan fingerprint density at radius 2 is 2.15 bits per heavy atom. The minimum atomic E-state index is -0.998. The van der Waals surface area contributed by atoms with Crippen molar-refractivity contribution in [1.82, 2.24) is 20.4 Å². The first-order chi connectivity index (χ1) is 9.31. The molecule has 1 unspecified atom stereocenters. The molecule has 2 heterocycles. The molecule has 0 aromatic heterocycles. The Bertz CT molecular complexity index is 437. The maximum absolute atomic E-state index is 12.0. The zero-order chi connectivity index (χ0) is 14.9. The molecule has 0 radical (unpaired) electrons. The molecule has 2 rings (SSSR count). The summed E-state index contributed by atoms with van der Waals surface area (Å²) in [6.07, 6.45) is 0. The molecule has 1 atom stereocenters. The number of carbonyl (C=O) groups is 3. The van der Waals surface area contributed by atoms with Gasteiger partial charge in [-0.3, -0.25) is 4.79 Å². The molecule has 4 amide bonds. The van der Waals surface area contributed by atoms with Crippen LogP contribution in [0.2, 0.25) is 0 Å². The summed E-state index contributed by atoms with van der Waals surface area (Å²) in [4.78, 5) is 37.8. The third kappa shape index (κ3) is 2.78. The molecular formula is C12H20N4O4. The van der Waals surface area contributed by atoms with Crippen LogP contribution in [0.5, 0.6) is 0 Å². The number of hydrogen-bond acceptors (Lipinski definition) is 3. The van der Waals surface area contributed by atoms with Crippen molar-refractivity contribution in [3.05, 3.63) is 0 Å². The van der Waals surface area contributed by atoms with Gasteiger partial charge in [-0.1, -0.05) is 0 Å². The maximum atomic E-state index is 12.0. The summed E-state index contributed by atoms with van der Waals surface area (Å²) in [5, 5.41) is 14.4. The van der Waals surface area contributed by atoms with Gasteiger partial charge in [0.25, 0.3) is 0 Å². The van der Waals surface area contributed by atoms with Gasteiger partial charge in [0.05, 0.1) is 11.5 Å². The Labute approximate surface area is 117 Å². The van der Waals surface area contributed by atoms with Crippen molar-refractivity contribution in [3.63, 3.8) is 0 Å². The average Bonchev–Trinajstić information content (AvgIpc) is 2.77. The predicted molar refractivity (Wildman–Crippen MR) is 70.3 cm³/mol. The van der Waals surface area contributed by atoms with Gasteiger partial charge in [-0.15, -0.1) is 0 Å². The molecule has 2 fully saturated rings. The van der Waals surface area contributed by atoms with Gasteiger partial charge in [-0.25, -0.2) is 9.59 Å². The van der Waals surface area contributed by atoms with Crippen molar-refractivity contribution in [2.75, 3.05) is 32.7 Å². The van der Waals surface area contributed by atoms with E-state index in [1.807, 2.05) is 0 Å². The average molecular weight is 284 g/mol. The van der Waals surface area contributed by atoms with Crippen LogP contribution in [0.1, 0.15) is 13.8 Å². The number of rotatable bonds is 3. The fourth-order valence-electron chi connectivity index (χ4n) is 2.27. The van der Waals surface area contributed by atoms with E-state index in [9.17, 15) is 14.4 Å². The summed E-state index contributed by atoms with van der Waals surface area (Å²) in [5.74, 6) is -0.951. The van der Waals surface area contributed by atoms with Gasteiger partial charge in [0, 0.05) is 32.7 Å². The van der Waals surface area contributed by atoms with E-state index in [0.717, 1.165) is 0 Å². The van der Waals surface area contributed by atoms with Crippen LogP contribution in [-0.2, 0) is 4.79 Å². The second kappa shape index (κ2) is 5.18. The number of urea groups is 2. The van der Waals surface area contributed by atoms with E-state index in [4.69, 9.17) is 5.11 Å². The Kier molecular flexibility index (Phi) is 3.74. The predicted octanol–water partition coefficient (Wildman–Crippen LogP) is -0.484. The first-order valence-electron chi connectivity index (χ1n) is 6.62. The SMILES string of the molecule is CC(C)(CNC(=O)N1CCN2C(=O)NCC2C1)C(=O)O. The topological polar surface area (TPSA) is 102 Å². The zero-order valence-electron chi connectivity index (χ0n) is 11.7. The molecule has 2 aliphatic rings. The third-order valence-corrected chi connectivity index (χ3v) is 3.78.